The van der Waals surface area contributed by atoms with Crippen LogP contribution in [0.2, 0.25) is 0 Å². The first-order valence-electron chi connectivity index (χ1n) is 9.62. The van der Waals surface area contributed by atoms with Gasteiger partial charge >= 0.3 is 0 Å². The van der Waals surface area contributed by atoms with Gasteiger partial charge in [0.05, 0.1) is 12.8 Å². The van der Waals surface area contributed by atoms with Crippen molar-refractivity contribution in [3.8, 4) is 0 Å². The average molecular weight is 390 g/mol. The van der Waals surface area contributed by atoms with E-state index in [0.29, 0.717) is 18.7 Å². The van der Waals surface area contributed by atoms with Crippen molar-refractivity contribution in [2.24, 2.45) is 4.99 Å². The SMILES string of the molecule is CN=C(NCCc1ccccc1)NCc1cccc(C(=O)NCc2ccco2)c1. The molecule has 0 unspecified atom stereocenters. The number of nitrogens with zero attached hydrogens (tertiary/aromatic N) is 1. The monoisotopic (exact) mass is 390 g/mol. The summed E-state index contributed by atoms with van der Waals surface area (Å²) in [7, 11) is 1.75. The van der Waals surface area contributed by atoms with Crippen molar-refractivity contribution >= 4 is 11.9 Å². The lowest BCUT2D eigenvalue weighted by atomic mass is 10.1. The van der Waals surface area contributed by atoms with E-state index in [2.05, 4.69) is 33.1 Å². The van der Waals surface area contributed by atoms with Gasteiger partial charge in [0.1, 0.15) is 5.76 Å². The summed E-state index contributed by atoms with van der Waals surface area (Å²) in [5.41, 5.74) is 2.90. The van der Waals surface area contributed by atoms with Crippen molar-refractivity contribution in [3.05, 3.63) is 95.4 Å². The number of amides is 1. The van der Waals surface area contributed by atoms with Gasteiger partial charge in [-0.1, -0.05) is 42.5 Å². The normalized spacial score (nSPS) is 11.1. The van der Waals surface area contributed by atoms with Crippen molar-refractivity contribution in [3.63, 3.8) is 0 Å². The van der Waals surface area contributed by atoms with E-state index in [1.807, 2.05) is 42.5 Å². The van der Waals surface area contributed by atoms with Crippen LogP contribution in [0.3, 0.4) is 0 Å². The Hall–Kier alpha value is -3.54. The minimum Gasteiger partial charge on any atom is -0.467 e. The molecule has 0 spiro atoms. The zero-order valence-corrected chi connectivity index (χ0v) is 16.5. The third kappa shape index (κ3) is 6.53. The summed E-state index contributed by atoms with van der Waals surface area (Å²) >= 11 is 0. The summed E-state index contributed by atoms with van der Waals surface area (Å²) in [4.78, 5) is 16.6. The standard InChI is InChI=1S/C23H26N4O2/c1-24-23(25-13-12-18-7-3-2-4-8-18)27-16-19-9-5-10-20(15-19)22(28)26-17-21-11-6-14-29-21/h2-11,14-15H,12-13,16-17H2,1H3,(H,26,28)(H2,24,25,27). The predicted octanol–water partition coefficient (Wildman–Crippen LogP) is 3.12. The summed E-state index contributed by atoms with van der Waals surface area (Å²) in [5.74, 6) is 1.32. The summed E-state index contributed by atoms with van der Waals surface area (Å²) in [6.07, 6.45) is 2.52. The molecule has 0 bridgehead atoms. The quantitative estimate of drug-likeness (QED) is 0.408. The molecule has 1 heterocycles. The second-order valence-corrected chi connectivity index (χ2v) is 6.55. The van der Waals surface area contributed by atoms with Gasteiger partial charge in [-0.3, -0.25) is 9.79 Å². The minimum atomic E-state index is -0.131. The molecule has 2 aromatic carbocycles. The van der Waals surface area contributed by atoms with Crippen molar-refractivity contribution in [1.82, 2.24) is 16.0 Å². The van der Waals surface area contributed by atoms with Crippen LogP contribution in [-0.2, 0) is 19.5 Å². The number of carbonyl (C=O) groups is 1. The molecule has 3 N–H and O–H groups in total. The maximum absolute atomic E-state index is 12.4. The second-order valence-electron chi connectivity index (χ2n) is 6.55. The molecule has 3 rings (SSSR count). The predicted molar refractivity (Wildman–Crippen MR) is 115 cm³/mol. The number of benzene rings is 2. The van der Waals surface area contributed by atoms with E-state index in [-0.39, 0.29) is 5.91 Å². The fourth-order valence-corrected chi connectivity index (χ4v) is 2.88. The molecule has 0 saturated heterocycles. The van der Waals surface area contributed by atoms with Crippen LogP contribution in [0.1, 0.15) is 27.2 Å². The van der Waals surface area contributed by atoms with Crippen LogP contribution in [0.5, 0.6) is 0 Å². The smallest absolute Gasteiger partial charge is 0.251 e. The van der Waals surface area contributed by atoms with Gasteiger partial charge in [0.25, 0.3) is 5.91 Å². The maximum atomic E-state index is 12.4. The van der Waals surface area contributed by atoms with Crippen LogP contribution in [0, 0.1) is 0 Å². The number of hydrogen-bond acceptors (Lipinski definition) is 3. The Labute approximate surface area is 171 Å². The van der Waals surface area contributed by atoms with E-state index >= 15 is 0 Å². The fourth-order valence-electron chi connectivity index (χ4n) is 2.88. The molecular weight excluding hydrogens is 364 g/mol. The highest BCUT2D eigenvalue weighted by atomic mass is 16.3. The highest BCUT2D eigenvalue weighted by Gasteiger charge is 2.07. The molecule has 0 saturated carbocycles. The molecular formula is C23H26N4O2. The summed E-state index contributed by atoms with van der Waals surface area (Å²) in [5, 5.41) is 9.45. The lowest BCUT2D eigenvalue weighted by Crippen LogP contribution is -2.37. The fraction of sp³-hybridized carbons (Fsp3) is 0.217. The van der Waals surface area contributed by atoms with Crippen LogP contribution < -0.4 is 16.0 Å². The third-order valence-corrected chi connectivity index (χ3v) is 4.42. The molecule has 0 atom stereocenters. The van der Waals surface area contributed by atoms with Gasteiger partial charge in [0, 0.05) is 25.7 Å². The van der Waals surface area contributed by atoms with Gasteiger partial charge in [-0.2, -0.15) is 0 Å². The number of guanidine groups is 1. The highest BCUT2D eigenvalue weighted by molar-refractivity contribution is 5.94. The molecule has 1 amide bonds. The van der Waals surface area contributed by atoms with E-state index < -0.39 is 0 Å². The van der Waals surface area contributed by atoms with E-state index in [0.717, 1.165) is 30.2 Å². The number of furan rings is 1. The van der Waals surface area contributed by atoms with Crippen molar-refractivity contribution < 1.29 is 9.21 Å². The Morgan fingerprint density at radius 3 is 2.48 bits per heavy atom. The van der Waals surface area contributed by atoms with Gasteiger partial charge in [-0.25, -0.2) is 0 Å². The molecule has 0 radical (unpaired) electrons. The van der Waals surface area contributed by atoms with Crippen LogP contribution >= 0.6 is 0 Å². The topological polar surface area (TPSA) is 78.7 Å². The third-order valence-electron chi connectivity index (χ3n) is 4.42. The van der Waals surface area contributed by atoms with Gasteiger partial charge < -0.3 is 20.4 Å². The van der Waals surface area contributed by atoms with E-state index in [1.54, 1.807) is 25.4 Å². The van der Waals surface area contributed by atoms with E-state index in [9.17, 15) is 4.79 Å². The molecule has 6 heteroatoms. The van der Waals surface area contributed by atoms with Gasteiger partial charge in [0.15, 0.2) is 5.96 Å². The maximum Gasteiger partial charge on any atom is 0.251 e. The summed E-state index contributed by atoms with van der Waals surface area (Å²) in [6, 6.07) is 21.5. The van der Waals surface area contributed by atoms with Crippen LogP contribution in [0.25, 0.3) is 0 Å². The lowest BCUT2D eigenvalue weighted by Gasteiger charge is -2.12. The second kappa shape index (κ2) is 10.7. The Morgan fingerprint density at radius 2 is 1.72 bits per heavy atom. The Bertz CT molecular complexity index is 921. The lowest BCUT2D eigenvalue weighted by molar-refractivity contribution is 0.0948. The van der Waals surface area contributed by atoms with Crippen LogP contribution in [-0.4, -0.2) is 25.5 Å². The molecule has 0 aliphatic heterocycles. The first kappa shape index (κ1) is 20.2. The summed E-state index contributed by atoms with van der Waals surface area (Å²) in [6.45, 7) is 1.73. The molecule has 0 fully saturated rings. The molecule has 0 aliphatic carbocycles. The molecule has 1 aromatic heterocycles. The van der Waals surface area contributed by atoms with Gasteiger partial charge in [0.2, 0.25) is 0 Å². The Balaban J connectivity index is 1.46. The zero-order chi connectivity index (χ0) is 20.3. The Morgan fingerprint density at radius 1 is 0.897 bits per heavy atom. The van der Waals surface area contributed by atoms with Gasteiger partial charge in [-0.15, -0.1) is 0 Å². The van der Waals surface area contributed by atoms with Crippen molar-refractivity contribution in [2.45, 2.75) is 19.5 Å². The first-order chi connectivity index (χ1) is 14.2. The molecule has 0 aliphatic rings. The number of rotatable bonds is 8. The number of aliphatic imine (C=N–C) groups is 1. The van der Waals surface area contributed by atoms with Crippen LogP contribution in [0.15, 0.2) is 82.4 Å². The Kier molecular flexibility index (Phi) is 7.46. The number of hydrogen-bond donors (Lipinski definition) is 3. The highest BCUT2D eigenvalue weighted by Crippen LogP contribution is 2.06. The van der Waals surface area contributed by atoms with Crippen molar-refractivity contribution in [1.29, 1.82) is 0 Å². The first-order valence-corrected chi connectivity index (χ1v) is 9.62. The summed E-state index contributed by atoms with van der Waals surface area (Å²) < 4.78 is 5.24. The minimum absolute atomic E-state index is 0.131. The molecule has 6 nitrogen and oxygen atoms in total. The molecule has 29 heavy (non-hydrogen) atoms. The number of carbonyl (C=O) groups excluding carboxylic acids is 1. The molecule has 150 valence electrons. The molecule has 3 aromatic rings. The van der Waals surface area contributed by atoms with E-state index in [1.165, 1.54) is 5.56 Å². The van der Waals surface area contributed by atoms with Crippen LogP contribution in [0.4, 0.5) is 0 Å². The zero-order valence-electron chi connectivity index (χ0n) is 16.5. The average Bonchev–Trinajstić information content (AvgIpc) is 3.29. The van der Waals surface area contributed by atoms with E-state index in [4.69, 9.17) is 4.42 Å². The largest absolute Gasteiger partial charge is 0.467 e. The van der Waals surface area contributed by atoms with Crippen molar-refractivity contribution in [2.75, 3.05) is 13.6 Å². The van der Waals surface area contributed by atoms with Gasteiger partial charge in [-0.05, 0) is 41.8 Å². The number of nitrogens with one attached hydrogen (secondary N) is 3.